The summed E-state index contributed by atoms with van der Waals surface area (Å²) in [5, 5.41) is 14.1. The van der Waals surface area contributed by atoms with Crippen LogP contribution < -0.4 is 11.1 Å². The molecule has 0 fully saturated rings. The highest BCUT2D eigenvalue weighted by Gasteiger charge is 2.14. The molecule has 0 spiro atoms. The van der Waals surface area contributed by atoms with Gasteiger partial charge in [-0.15, -0.1) is 0 Å². The van der Waals surface area contributed by atoms with E-state index in [0.29, 0.717) is 10.9 Å². The predicted molar refractivity (Wildman–Crippen MR) is 81.0 cm³/mol. The molecule has 0 atom stereocenters. The standard InChI is InChI=1S/C15H11N3O4/c19-14-11-6-2-3-7-12(11)15(20)17(16-14)9-10-5-1-4-8-13(10)18(21)22/h1-8H,9H2,(H,16,19). The van der Waals surface area contributed by atoms with Gasteiger partial charge >= 0.3 is 0 Å². The number of para-hydroxylation sites is 1. The lowest BCUT2D eigenvalue weighted by Gasteiger charge is -2.07. The van der Waals surface area contributed by atoms with E-state index in [1.54, 1.807) is 42.5 Å². The minimum absolute atomic E-state index is 0.0734. The van der Waals surface area contributed by atoms with Gasteiger partial charge < -0.3 is 0 Å². The van der Waals surface area contributed by atoms with Gasteiger partial charge in [-0.3, -0.25) is 24.8 Å². The summed E-state index contributed by atoms with van der Waals surface area (Å²) in [7, 11) is 0. The number of fused-ring (bicyclic) bond motifs is 1. The first-order valence-corrected chi connectivity index (χ1v) is 6.52. The maximum absolute atomic E-state index is 12.4. The van der Waals surface area contributed by atoms with Crippen molar-refractivity contribution in [3.8, 4) is 0 Å². The Morgan fingerprint density at radius 3 is 2.36 bits per heavy atom. The lowest BCUT2D eigenvalue weighted by molar-refractivity contribution is -0.385. The van der Waals surface area contributed by atoms with Gasteiger partial charge in [0.25, 0.3) is 16.8 Å². The molecule has 0 saturated carbocycles. The molecule has 2 aromatic carbocycles. The number of nitro benzene ring substituents is 1. The molecule has 1 aromatic heterocycles. The van der Waals surface area contributed by atoms with Crippen LogP contribution in [0.3, 0.4) is 0 Å². The fourth-order valence-corrected chi connectivity index (χ4v) is 2.35. The molecule has 1 N–H and O–H groups in total. The van der Waals surface area contributed by atoms with Crippen LogP contribution >= 0.6 is 0 Å². The van der Waals surface area contributed by atoms with E-state index < -0.39 is 16.0 Å². The summed E-state index contributed by atoms with van der Waals surface area (Å²) in [5.41, 5.74) is -0.550. The summed E-state index contributed by atoms with van der Waals surface area (Å²) in [5.74, 6) is 0. The van der Waals surface area contributed by atoms with E-state index in [0.717, 1.165) is 4.68 Å². The minimum atomic E-state index is -0.514. The van der Waals surface area contributed by atoms with Gasteiger partial charge in [0.2, 0.25) is 0 Å². The van der Waals surface area contributed by atoms with E-state index in [-0.39, 0.29) is 17.6 Å². The zero-order chi connectivity index (χ0) is 15.7. The number of nitro groups is 1. The summed E-state index contributed by atoms with van der Waals surface area (Å²) in [6, 6.07) is 12.6. The Kier molecular flexibility index (Phi) is 3.30. The van der Waals surface area contributed by atoms with Crippen molar-refractivity contribution in [1.29, 1.82) is 0 Å². The van der Waals surface area contributed by atoms with Crippen LogP contribution in [0.4, 0.5) is 5.69 Å². The predicted octanol–water partition coefficient (Wildman–Crippen LogP) is 1.65. The fourth-order valence-electron chi connectivity index (χ4n) is 2.35. The average molecular weight is 297 g/mol. The number of nitrogens with one attached hydrogen (secondary N) is 1. The molecular weight excluding hydrogens is 286 g/mol. The molecular formula is C15H11N3O4. The fraction of sp³-hybridized carbons (Fsp3) is 0.0667. The topological polar surface area (TPSA) is 98.0 Å². The number of nitrogens with zero attached hydrogens (tertiary/aromatic N) is 2. The van der Waals surface area contributed by atoms with Gasteiger partial charge in [0.05, 0.1) is 27.8 Å². The maximum atomic E-state index is 12.4. The first-order valence-electron chi connectivity index (χ1n) is 6.52. The highest BCUT2D eigenvalue weighted by atomic mass is 16.6. The molecule has 0 aliphatic rings. The van der Waals surface area contributed by atoms with Crippen LogP contribution in [0.1, 0.15) is 5.56 Å². The molecule has 0 radical (unpaired) electrons. The normalized spacial score (nSPS) is 10.7. The highest BCUT2D eigenvalue weighted by Crippen LogP contribution is 2.18. The number of rotatable bonds is 3. The Hall–Kier alpha value is -3.22. The van der Waals surface area contributed by atoms with Gasteiger partial charge in [0, 0.05) is 6.07 Å². The van der Waals surface area contributed by atoms with Gasteiger partial charge in [-0.2, -0.15) is 0 Å². The van der Waals surface area contributed by atoms with Crippen LogP contribution in [0.25, 0.3) is 10.8 Å². The molecule has 22 heavy (non-hydrogen) atoms. The van der Waals surface area contributed by atoms with Crippen molar-refractivity contribution in [2.45, 2.75) is 6.54 Å². The molecule has 110 valence electrons. The minimum Gasteiger partial charge on any atom is -0.267 e. The third kappa shape index (κ3) is 2.28. The van der Waals surface area contributed by atoms with Crippen LogP contribution in [0, 0.1) is 10.1 Å². The summed E-state index contributed by atoms with van der Waals surface area (Å²) in [4.78, 5) is 34.9. The Bertz CT molecular complexity index is 988. The number of aromatic nitrogens is 2. The second-order valence-corrected chi connectivity index (χ2v) is 4.76. The number of aromatic amines is 1. The Morgan fingerprint density at radius 1 is 1.00 bits per heavy atom. The molecule has 3 rings (SSSR count). The molecule has 0 saturated heterocycles. The van der Waals surface area contributed by atoms with E-state index in [4.69, 9.17) is 0 Å². The Labute approximate surface area is 123 Å². The van der Waals surface area contributed by atoms with Crippen molar-refractivity contribution in [3.63, 3.8) is 0 Å². The number of hydrogen-bond acceptors (Lipinski definition) is 4. The SMILES string of the molecule is O=c1[nH]n(Cc2ccccc2[N+](=O)[O-])c(=O)c2ccccc12. The third-order valence-electron chi connectivity index (χ3n) is 3.40. The van der Waals surface area contributed by atoms with Crippen molar-refractivity contribution in [1.82, 2.24) is 9.78 Å². The van der Waals surface area contributed by atoms with Crippen LogP contribution in [-0.2, 0) is 6.54 Å². The van der Waals surface area contributed by atoms with E-state index in [2.05, 4.69) is 5.10 Å². The van der Waals surface area contributed by atoms with Gasteiger partial charge in [-0.25, -0.2) is 4.68 Å². The van der Waals surface area contributed by atoms with Gasteiger partial charge in [-0.1, -0.05) is 30.3 Å². The van der Waals surface area contributed by atoms with Crippen molar-refractivity contribution in [3.05, 3.63) is 84.9 Å². The Balaban J connectivity index is 2.17. The van der Waals surface area contributed by atoms with E-state index in [9.17, 15) is 19.7 Å². The molecule has 1 heterocycles. The molecule has 0 bridgehead atoms. The lowest BCUT2D eigenvalue weighted by atomic mass is 10.1. The third-order valence-corrected chi connectivity index (χ3v) is 3.40. The van der Waals surface area contributed by atoms with Crippen molar-refractivity contribution in [2.24, 2.45) is 0 Å². The molecule has 0 amide bonds. The van der Waals surface area contributed by atoms with Crippen LogP contribution in [0.5, 0.6) is 0 Å². The molecule has 7 heteroatoms. The lowest BCUT2D eigenvalue weighted by Crippen LogP contribution is -2.30. The van der Waals surface area contributed by atoms with Gasteiger partial charge in [-0.05, 0) is 12.1 Å². The van der Waals surface area contributed by atoms with Crippen LogP contribution in [0.2, 0.25) is 0 Å². The van der Waals surface area contributed by atoms with Gasteiger partial charge in [0.15, 0.2) is 0 Å². The Morgan fingerprint density at radius 2 is 1.64 bits per heavy atom. The highest BCUT2D eigenvalue weighted by molar-refractivity contribution is 5.80. The second kappa shape index (κ2) is 5.28. The van der Waals surface area contributed by atoms with Crippen molar-refractivity contribution in [2.75, 3.05) is 0 Å². The molecule has 0 unspecified atom stereocenters. The quantitative estimate of drug-likeness (QED) is 0.587. The average Bonchev–Trinajstić information content (AvgIpc) is 2.53. The monoisotopic (exact) mass is 297 g/mol. The molecule has 0 aliphatic heterocycles. The summed E-state index contributed by atoms with van der Waals surface area (Å²) < 4.78 is 1.09. The van der Waals surface area contributed by atoms with E-state index in [1.807, 2.05) is 0 Å². The smallest absolute Gasteiger partial charge is 0.267 e. The summed E-state index contributed by atoms with van der Waals surface area (Å²) in [6.45, 7) is -0.0734. The van der Waals surface area contributed by atoms with Crippen molar-refractivity contribution < 1.29 is 4.92 Å². The number of hydrogen-bond donors (Lipinski definition) is 1. The zero-order valence-corrected chi connectivity index (χ0v) is 11.4. The summed E-state index contributed by atoms with van der Waals surface area (Å²) >= 11 is 0. The van der Waals surface area contributed by atoms with Crippen LogP contribution in [0.15, 0.2) is 58.1 Å². The first kappa shape index (κ1) is 13.7. The van der Waals surface area contributed by atoms with Crippen molar-refractivity contribution >= 4 is 16.5 Å². The van der Waals surface area contributed by atoms with Crippen LogP contribution in [-0.4, -0.2) is 14.7 Å². The molecule has 7 nitrogen and oxygen atoms in total. The number of benzene rings is 2. The second-order valence-electron chi connectivity index (χ2n) is 4.76. The number of H-pyrrole nitrogens is 1. The largest absolute Gasteiger partial charge is 0.274 e. The molecule has 0 aliphatic carbocycles. The van der Waals surface area contributed by atoms with E-state index >= 15 is 0 Å². The summed E-state index contributed by atoms with van der Waals surface area (Å²) in [6.07, 6.45) is 0. The maximum Gasteiger partial charge on any atom is 0.274 e. The first-order chi connectivity index (χ1) is 10.6. The zero-order valence-electron chi connectivity index (χ0n) is 11.4. The van der Waals surface area contributed by atoms with E-state index in [1.165, 1.54) is 6.07 Å². The molecule has 3 aromatic rings. The van der Waals surface area contributed by atoms with Gasteiger partial charge in [0.1, 0.15) is 0 Å².